The summed E-state index contributed by atoms with van der Waals surface area (Å²) in [6, 6.07) is 0. The summed E-state index contributed by atoms with van der Waals surface area (Å²) in [6.45, 7) is 7.09. The molecule has 1 aliphatic rings. The Kier molecular flexibility index (Phi) is 2.15. The molecule has 1 aromatic rings. The van der Waals surface area contributed by atoms with Crippen molar-refractivity contribution in [3.8, 4) is 0 Å². The van der Waals surface area contributed by atoms with Crippen LogP contribution in [-0.2, 0) is 6.54 Å². The molecule has 0 amide bonds. The van der Waals surface area contributed by atoms with Crippen LogP contribution in [0, 0.1) is 5.41 Å². The maximum Gasteiger partial charge on any atom is 0.147 e. The van der Waals surface area contributed by atoms with Crippen molar-refractivity contribution in [3.63, 3.8) is 0 Å². The standard InChI is InChI=1S/C10H16N4/c1-10(2)6-14(7-10)9-5-12-8(3-11)4-13-9/h4-5H,3,6-7,11H2,1-2H3. The smallest absolute Gasteiger partial charge is 0.147 e. The lowest BCUT2D eigenvalue weighted by Gasteiger charge is -2.46. The minimum Gasteiger partial charge on any atom is -0.354 e. The predicted octanol–water partition coefficient (Wildman–Crippen LogP) is 0.781. The Morgan fingerprint density at radius 2 is 2.07 bits per heavy atom. The quantitative estimate of drug-likeness (QED) is 0.752. The molecule has 1 aliphatic heterocycles. The van der Waals surface area contributed by atoms with Crippen molar-refractivity contribution < 1.29 is 0 Å². The molecule has 0 aliphatic carbocycles. The zero-order valence-electron chi connectivity index (χ0n) is 8.70. The van der Waals surface area contributed by atoms with Crippen LogP contribution in [0.1, 0.15) is 19.5 Å². The molecule has 2 N–H and O–H groups in total. The molecular weight excluding hydrogens is 176 g/mol. The van der Waals surface area contributed by atoms with Gasteiger partial charge in [-0.1, -0.05) is 13.8 Å². The number of hydrogen-bond donors (Lipinski definition) is 1. The van der Waals surface area contributed by atoms with E-state index in [1.54, 1.807) is 12.4 Å². The fraction of sp³-hybridized carbons (Fsp3) is 0.600. The third-order valence-corrected chi connectivity index (χ3v) is 2.46. The van der Waals surface area contributed by atoms with Crippen LogP contribution in [0.15, 0.2) is 12.4 Å². The number of rotatable bonds is 2. The highest BCUT2D eigenvalue weighted by molar-refractivity contribution is 5.40. The fourth-order valence-corrected chi connectivity index (χ4v) is 1.77. The Balaban J connectivity index is 2.05. The van der Waals surface area contributed by atoms with Gasteiger partial charge in [-0.3, -0.25) is 4.98 Å². The highest BCUT2D eigenvalue weighted by atomic mass is 15.3. The summed E-state index contributed by atoms with van der Waals surface area (Å²) < 4.78 is 0. The molecule has 1 fully saturated rings. The zero-order valence-corrected chi connectivity index (χ0v) is 8.70. The second-order valence-electron chi connectivity index (χ2n) is 4.59. The Morgan fingerprint density at radius 3 is 2.50 bits per heavy atom. The van der Waals surface area contributed by atoms with Gasteiger partial charge < -0.3 is 10.6 Å². The molecule has 4 heteroatoms. The van der Waals surface area contributed by atoms with Gasteiger partial charge in [-0.05, 0) is 5.41 Å². The summed E-state index contributed by atoms with van der Waals surface area (Å²) in [5.74, 6) is 0.960. The molecule has 76 valence electrons. The van der Waals surface area contributed by atoms with Gasteiger partial charge >= 0.3 is 0 Å². The van der Waals surface area contributed by atoms with Gasteiger partial charge in [-0.15, -0.1) is 0 Å². The third kappa shape index (κ3) is 1.70. The molecule has 2 rings (SSSR count). The summed E-state index contributed by atoms with van der Waals surface area (Å²) in [7, 11) is 0. The van der Waals surface area contributed by atoms with Crippen molar-refractivity contribution in [3.05, 3.63) is 18.1 Å². The van der Waals surface area contributed by atoms with Crippen LogP contribution in [0.2, 0.25) is 0 Å². The lowest BCUT2D eigenvalue weighted by Crippen LogP contribution is -2.53. The van der Waals surface area contributed by atoms with E-state index in [1.165, 1.54) is 0 Å². The van der Waals surface area contributed by atoms with Gasteiger partial charge in [-0.2, -0.15) is 0 Å². The van der Waals surface area contributed by atoms with E-state index in [2.05, 4.69) is 28.7 Å². The normalized spacial score (nSPS) is 19.2. The molecule has 1 saturated heterocycles. The van der Waals surface area contributed by atoms with Gasteiger partial charge in [0.1, 0.15) is 5.82 Å². The van der Waals surface area contributed by atoms with E-state index in [1.807, 2.05) is 0 Å². The van der Waals surface area contributed by atoms with E-state index >= 15 is 0 Å². The number of hydrogen-bond acceptors (Lipinski definition) is 4. The largest absolute Gasteiger partial charge is 0.354 e. The molecule has 0 radical (unpaired) electrons. The first-order valence-electron chi connectivity index (χ1n) is 4.87. The van der Waals surface area contributed by atoms with E-state index in [0.717, 1.165) is 24.6 Å². The Morgan fingerprint density at radius 1 is 1.36 bits per heavy atom. The first-order chi connectivity index (χ1) is 6.61. The number of nitrogens with zero attached hydrogens (tertiary/aromatic N) is 3. The average Bonchev–Trinajstić information content (AvgIpc) is 2.14. The monoisotopic (exact) mass is 192 g/mol. The summed E-state index contributed by atoms with van der Waals surface area (Å²) in [5, 5.41) is 0. The molecule has 0 spiro atoms. The maximum atomic E-state index is 5.45. The van der Waals surface area contributed by atoms with Crippen molar-refractivity contribution in [2.24, 2.45) is 11.1 Å². The Labute approximate surface area is 84.2 Å². The van der Waals surface area contributed by atoms with Crippen molar-refractivity contribution in [2.75, 3.05) is 18.0 Å². The van der Waals surface area contributed by atoms with Crippen LogP contribution in [0.4, 0.5) is 5.82 Å². The molecule has 1 aromatic heterocycles. The fourth-order valence-electron chi connectivity index (χ4n) is 1.77. The van der Waals surface area contributed by atoms with Gasteiger partial charge in [-0.25, -0.2) is 4.98 Å². The minimum atomic E-state index is 0.425. The van der Waals surface area contributed by atoms with Crippen LogP contribution in [0.25, 0.3) is 0 Å². The topological polar surface area (TPSA) is 55.0 Å². The van der Waals surface area contributed by atoms with Crippen LogP contribution >= 0.6 is 0 Å². The molecule has 0 unspecified atom stereocenters. The molecule has 4 nitrogen and oxygen atoms in total. The molecule has 0 atom stereocenters. The summed E-state index contributed by atoms with van der Waals surface area (Å²) in [5.41, 5.74) is 6.72. The Bertz CT molecular complexity index is 309. The second kappa shape index (κ2) is 3.20. The van der Waals surface area contributed by atoms with E-state index in [0.29, 0.717) is 12.0 Å². The average molecular weight is 192 g/mol. The van der Waals surface area contributed by atoms with E-state index in [4.69, 9.17) is 5.73 Å². The van der Waals surface area contributed by atoms with Gasteiger partial charge in [0.25, 0.3) is 0 Å². The first-order valence-corrected chi connectivity index (χ1v) is 4.87. The van der Waals surface area contributed by atoms with Crippen LogP contribution in [0.3, 0.4) is 0 Å². The minimum absolute atomic E-state index is 0.425. The Hall–Kier alpha value is -1.16. The van der Waals surface area contributed by atoms with Crippen molar-refractivity contribution in [1.82, 2.24) is 9.97 Å². The summed E-state index contributed by atoms with van der Waals surface area (Å²) >= 11 is 0. The first kappa shape index (κ1) is 9.40. The van der Waals surface area contributed by atoms with E-state index in [9.17, 15) is 0 Å². The van der Waals surface area contributed by atoms with Crippen LogP contribution in [0.5, 0.6) is 0 Å². The third-order valence-electron chi connectivity index (χ3n) is 2.46. The van der Waals surface area contributed by atoms with Crippen molar-refractivity contribution in [1.29, 1.82) is 0 Å². The van der Waals surface area contributed by atoms with E-state index < -0.39 is 0 Å². The molecular formula is C10H16N4. The lowest BCUT2D eigenvalue weighted by molar-refractivity contribution is 0.274. The van der Waals surface area contributed by atoms with Crippen molar-refractivity contribution >= 4 is 5.82 Å². The summed E-state index contributed by atoms with van der Waals surface area (Å²) in [6.07, 6.45) is 3.55. The van der Waals surface area contributed by atoms with Gasteiger partial charge in [0.05, 0.1) is 18.1 Å². The van der Waals surface area contributed by atoms with Gasteiger partial charge in [0.15, 0.2) is 0 Å². The SMILES string of the molecule is CC1(C)CN(c2cnc(CN)cn2)C1. The zero-order chi connectivity index (χ0) is 10.2. The van der Waals surface area contributed by atoms with Crippen LogP contribution in [-0.4, -0.2) is 23.1 Å². The lowest BCUT2D eigenvalue weighted by atomic mass is 9.84. The number of anilines is 1. The predicted molar refractivity (Wildman–Crippen MR) is 55.9 cm³/mol. The molecule has 0 bridgehead atoms. The molecule has 0 saturated carbocycles. The van der Waals surface area contributed by atoms with Crippen LogP contribution < -0.4 is 10.6 Å². The molecule has 2 heterocycles. The summed E-state index contributed by atoms with van der Waals surface area (Å²) in [4.78, 5) is 10.8. The van der Waals surface area contributed by atoms with Gasteiger partial charge in [0, 0.05) is 19.6 Å². The number of nitrogens with two attached hydrogens (primary N) is 1. The second-order valence-corrected chi connectivity index (χ2v) is 4.59. The highest BCUT2D eigenvalue weighted by Crippen LogP contribution is 2.31. The van der Waals surface area contributed by atoms with Gasteiger partial charge in [0.2, 0.25) is 0 Å². The molecule has 0 aromatic carbocycles. The molecule has 14 heavy (non-hydrogen) atoms. The maximum absolute atomic E-state index is 5.45. The van der Waals surface area contributed by atoms with E-state index in [-0.39, 0.29) is 0 Å². The number of aromatic nitrogens is 2. The highest BCUT2D eigenvalue weighted by Gasteiger charge is 2.34. The van der Waals surface area contributed by atoms with Crippen molar-refractivity contribution in [2.45, 2.75) is 20.4 Å².